The molecular formula is C7H19NO. The molecule has 0 fully saturated rings. The number of aliphatic hydroxyl groups is 1. The van der Waals surface area contributed by atoms with Gasteiger partial charge in [0.15, 0.2) is 0 Å². The molecule has 0 amide bonds. The van der Waals surface area contributed by atoms with Gasteiger partial charge in [-0.25, -0.2) is 0 Å². The summed E-state index contributed by atoms with van der Waals surface area (Å²) in [5.74, 6) is 0. The first-order valence-corrected chi connectivity index (χ1v) is 3.60. The van der Waals surface area contributed by atoms with Gasteiger partial charge in [-0.15, -0.1) is 0 Å². The fourth-order valence-electron chi connectivity index (χ4n) is 0.329. The molecule has 2 heteroatoms. The number of rotatable bonds is 3. The summed E-state index contributed by atoms with van der Waals surface area (Å²) < 4.78 is 0. The summed E-state index contributed by atoms with van der Waals surface area (Å²) in [6.07, 6.45) is 0. The quantitative estimate of drug-likeness (QED) is 0.619. The first-order chi connectivity index (χ1) is 4.31. The molecule has 0 aliphatic carbocycles. The van der Waals surface area contributed by atoms with Crippen LogP contribution in [-0.2, 0) is 0 Å². The minimum absolute atomic E-state index is 0.268. The summed E-state index contributed by atoms with van der Waals surface area (Å²) in [6, 6.07) is 0. The molecule has 0 bridgehead atoms. The molecule has 0 saturated heterocycles. The van der Waals surface area contributed by atoms with E-state index in [2.05, 4.69) is 11.8 Å². The highest BCUT2D eigenvalue weighted by Gasteiger charge is 1.87. The third kappa shape index (κ3) is 11.5. The van der Waals surface area contributed by atoms with Gasteiger partial charge in [0.05, 0.1) is 6.61 Å². The van der Waals surface area contributed by atoms with E-state index in [1.54, 1.807) is 0 Å². The van der Waals surface area contributed by atoms with E-state index in [1.165, 1.54) is 0 Å². The van der Waals surface area contributed by atoms with E-state index in [9.17, 15) is 0 Å². The van der Waals surface area contributed by atoms with Crippen molar-refractivity contribution >= 4 is 0 Å². The minimum Gasteiger partial charge on any atom is -0.395 e. The monoisotopic (exact) mass is 133 g/mol. The van der Waals surface area contributed by atoms with Crippen molar-refractivity contribution in [3.05, 3.63) is 0 Å². The highest BCUT2D eigenvalue weighted by atomic mass is 16.3. The van der Waals surface area contributed by atoms with Crippen LogP contribution in [0.3, 0.4) is 0 Å². The second-order valence-electron chi connectivity index (χ2n) is 1.62. The molecule has 0 atom stereocenters. The summed E-state index contributed by atoms with van der Waals surface area (Å²) >= 11 is 0. The number of nitrogens with zero attached hydrogens (tertiary/aromatic N) is 1. The van der Waals surface area contributed by atoms with Gasteiger partial charge in [-0.1, -0.05) is 20.8 Å². The van der Waals surface area contributed by atoms with Crippen LogP contribution in [0.5, 0.6) is 0 Å². The largest absolute Gasteiger partial charge is 0.395 e. The Morgan fingerprint density at radius 1 is 1.33 bits per heavy atom. The molecule has 0 radical (unpaired) electrons. The van der Waals surface area contributed by atoms with Gasteiger partial charge in [-0.2, -0.15) is 0 Å². The smallest absolute Gasteiger partial charge is 0.0558 e. The molecule has 0 aliphatic heterocycles. The van der Waals surface area contributed by atoms with E-state index in [-0.39, 0.29) is 6.61 Å². The van der Waals surface area contributed by atoms with Crippen LogP contribution in [0.25, 0.3) is 0 Å². The molecule has 0 unspecified atom stereocenters. The van der Waals surface area contributed by atoms with Crippen molar-refractivity contribution in [2.75, 3.05) is 26.7 Å². The van der Waals surface area contributed by atoms with E-state index in [0.29, 0.717) is 0 Å². The topological polar surface area (TPSA) is 23.5 Å². The van der Waals surface area contributed by atoms with Crippen molar-refractivity contribution in [1.29, 1.82) is 0 Å². The maximum Gasteiger partial charge on any atom is 0.0558 e. The highest BCUT2D eigenvalue weighted by Crippen LogP contribution is 1.75. The van der Waals surface area contributed by atoms with Gasteiger partial charge in [0.2, 0.25) is 0 Å². The molecule has 0 rings (SSSR count). The van der Waals surface area contributed by atoms with Crippen LogP contribution in [0.1, 0.15) is 20.8 Å². The molecule has 9 heavy (non-hydrogen) atoms. The summed E-state index contributed by atoms with van der Waals surface area (Å²) in [6.45, 7) is 8.14. The summed E-state index contributed by atoms with van der Waals surface area (Å²) in [5.41, 5.74) is 0. The van der Waals surface area contributed by atoms with Crippen molar-refractivity contribution in [3.8, 4) is 0 Å². The molecule has 0 aromatic rings. The van der Waals surface area contributed by atoms with Crippen LogP contribution in [-0.4, -0.2) is 36.8 Å². The van der Waals surface area contributed by atoms with Gasteiger partial charge in [0.25, 0.3) is 0 Å². The maximum atomic E-state index is 8.33. The molecule has 58 valence electrons. The predicted molar refractivity (Wildman–Crippen MR) is 41.6 cm³/mol. The molecular weight excluding hydrogens is 114 g/mol. The Balaban J connectivity index is 0. The standard InChI is InChI=1S/C5H13NO.C2H6/c1-3-6(2)4-5-7;1-2/h7H,3-5H2,1-2H3;1-2H3. The third-order valence-electron chi connectivity index (χ3n) is 1.02. The molecule has 0 aromatic carbocycles. The average molecular weight is 133 g/mol. The zero-order valence-corrected chi connectivity index (χ0v) is 7.02. The first kappa shape index (κ1) is 11.7. The molecule has 0 heterocycles. The zero-order valence-electron chi connectivity index (χ0n) is 7.02. The lowest BCUT2D eigenvalue weighted by Gasteiger charge is -2.09. The SMILES string of the molecule is CC.CCN(C)CCO. The van der Waals surface area contributed by atoms with E-state index >= 15 is 0 Å². The molecule has 0 saturated carbocycles. The summed E-state index contributed by atoms with van der Waals surface area (Å²) in [5, 5.41) is 8.33. The van der Waals surface area contributed by atoms with E-state index in [1.807, 2.05) is 20.9 Å². The van der Waals surface area contributed by atoms with Gasteiger partial charge in [-0.05, 0) is 13.6 Å². The van der Waals surface area contributed by atoms with Crippen molar-refractivity contribution < 1.29 is 5.11 Å². The lowest BCUT2D eigenvalue weighted by Crippen LogP contribution is -2.20. The maximum absolute atomic E-state index is 8.33. The second-order valence-corrected chi connectivity index (χ2v) is 1.62. The van der Waals surface area contributed by atoms with Crippen molar-refractivity contribution in [2.24, 2.45) is 0 Å². The minimum atomic E-state index is 0.268. The van der Waals surface area contributed by atoms with E-state index in [0.717, 1.165) is 13.1 Å². The van der Waals surface area contributed by atoms with Crippen LogP contribution in [0, 0.1) is 0 Å². The fourth-order valence-corrected chi connectivity index (χ4v) is 0.329. The predicted octanol–water partition coefficient (Wildman–Crippen LogP) is 0.957. The summed E-state index contributed by atoms with van der Waals surface area (Å²) in [7, 11) is 1.98. The third-order valence-corrected chi connectivity index (χ3v) is 1.02. The van der Waals surface area contributed by atoms with Crippen LogP contribution in [0.15, 0.2) is 0 Å². The van der Waals surface area contributed by atoms with Gasteiger partial charge < -0.3 is 10.0 Å². The number of aliphatic hydroxyl groups excluding tert-OH is 1. The Labute approximate surface area is 58.5 Å². The fraction of sp³-hybridized carbons (Fsp3) is 1.00. The summed E-state index contributed by atoms with van der Waals surface area (Å²) in [4.78, 5) is 2.06. The number of likely N-dealkylation sites (N-methyl/N-ethyl adjacent to an activating group) is 1. The van der Waals surface area contributed by atoms with Crippen LogP contribution in [0.4, 0.5) is 0 Å². The molecule has 2 nitrogen and oxygen atoms in total. The molecule has 0 aliphatic rings. The van der Waals surface area contributed by atoms with Gasteiger partial charge in [-0.3, -0.25) is 0 Å². The molecule has 0 spiro atoms. The van der Waals surface area contributed by atoms with Crippen molar-refractivity contribution in [1.82, 2.24) is 4.90 Å². The Kier molecular flexibility index (Phi) is 14.0. The lowest BCUT2D eigenvalue weighted by molar-refractivity contribution is 0.227. The average Bonchev–Trinajstić information content (AvgIpc) is 1.93. The Hall–Kier alpha value is -0.0800. The number of hydrogen-bond acceptors (Lipinski definition) is 2. The van der Waals surface area contributed by atoms with E-state index in [4.69, 9.17) is 5.11 Å². The Morgan fingerprint density at radius 3 is 1.89 bits per heavy atom. The lowest BCUT2D eigenvalue weighted by atomic mass is 10.6. The van der Waals surface area contributed by atoms with Crippen molar-refractivity contribution in [3.63, 3.8) is 0 Å². The van der Waals surface area contributed by atoms with Gasteiger partial charge in [0, 0.05) is 6.54 Å². The first-order valence-electron chi connectivity index (χ1n) is 3.60. The van der Waals surface area contributed by atoms with Gasteiger partial charge >= 0.3 is 0 Å². The number of hydrogen-bond donors (Lipinski definition) is 1. The zero-order chi connectivity index (χ0) is 7.70. The van der Waals surface area contributed by atoms with E-state index < -0.39 is 0 Å². The highest BCUT2D eigenvalue weighted by molar-refractivity contribution is 4.41. The van der Waals surface area contributed by atoms with Gasteiger partial charge in [0.1, 0.15) is 0 Å². The Bertz CT molecular complexity index is 39.9. The normalized spacial score (nSPS) is 8.67. The van der Waals surface area contributed by atoms with Crippen molar-refractivity contribution in [2.45, 2.75) is 20.8 Å². The Morgan fingerprint density at radius 2 is 1.78 bits per heavy atom. The van der Waals surface area contributed by atoms with Crippen LogP contribution >= 0.6 is 0 Å². The molecule has 0 aromatic heterocycles. The second kappa shape index (κ2) is 10.8. The van der Waals surface area contributed by atoms with Crippen LogP contribution < -0.4 is 0 Å². The molecule has 1 N–H and O–H groups in total. The van der Waals surface area contributed by atoms with Crippen LogP contribution in [0.2, 0.25) is 0 Å².